The second-order valence-corrected chi connectivity index (χ2v) is 8.14. The average molecular weight is 464 g/mol. The zero-order valence-electron chi connectivity index (χ0n) is 16.7. The van der Waals surface area contributed by atoms with Gasteiger partial charge in [0, 0.05) is 23.0 Å². The summed E-state index contributed by atoms with van der Waals surface area (Å²) in [4.78, 5) is 38.7. The molecule has 1 heterocycles. The predicted molar refractivity (Wildman–Crippen MR) is 118 cm³/mol. The highest BCUT2D eigenvalue weighted by atomic mass is 35.5. The molecule has 2 aromatic rings. The summed E-state index contributed by atoms with van der Waals surface area (Å²) in [5, 5.41) is 3.49. The Morgan fingerprint density at radius 2 is 1.90 bits per heavy atom. The number of rotatable bonds is 7. The number of hydrogen-bond donors (Lipinski definition) is 2. The van der Waals surface area contributed by atoms with Crippen molar-refractivity contribution in [2.24, 2.45) is 5.73 Å². The molecular formula is C22H23Cl2N3O4. The summed E-state index contributed by atoms with van der Waals surface area (Å²) in [5.74, 6) is -1.15. The van der Waals surface area contributed by atoms with Gasteiger partial charge in [0.2, 0.25) is 11.8 Å². The largest absolute Gasteiger partial charge is 0.445 e. The third-order valence-corrected chi connectivity index (χ3v) is 5.68. The summed E-state index contributed by atoms with van der Waals surface area (Å²) in [6.45, 7) is 0.513. The Labute approximate surface area is 190 Å². The first kappa shape index (κ1) is 22.9. The van der Waals surface area contributed by atoms with E-state index < -0.39 is 30.0 Å². The maximum absolute atomic E-state index is 12.9. The molecule has 1 saturated heterocycles. The third kappa shape index (κ3) is 6.12. The van der Waals surface area contributed by atoms with Crippen molar-refractivity contribution in [2.45, 2.75) is 38.0 Å². The Balaban J connectivity index is 1.62. The number of nitrogens with one attached hydrogen (secondary N) is 1. The molecule has 3 amide bonds. The molecular weight excluding hydrogens is 441 g/mol. The van der Waals surface area contributed by atoms with Crippen molar-refractivity contribution < 1.29 is 19.1 Å². The van der Waals surface area contributed by atoms with E-state index in [1.165, 1.54) is 4.90 Å². The van der Waals surface area contributed by atoms with Crippen molar-refractivity contribution in [3.8, 4) is 0 Å². The van der Waals surface area contributed by atoms with E-state index >= 15 is 0 Å². The number of ether oxygens (including phenoxy) is 1. The van der Waals surface area contributed by atoms with Gasteiger partial charge in [-0.05, 0) is 36.1 Å². The Kier molecular flexibility index (Phi) is 7.76. The van der Waals surface area contributed by atoms with E-state index in [1.54, 1.807) is 18.2 Å². The molecule has 7 nitrogen and oxygen atoms in total. The van der Waals surface area contributed by atoms with Gasteiger partial charge in [0.15, 0.2) is 0 Å². The fourth-order valence-electron chi connectivity index (χ4n) is 3.46. The first-order valence-corrected chi connectivity index (χ1v) is 10.6. The van der Waals surface area contributed by atoms with Crippen LogP contribution in [0.3, 0.4) is 0 Å². The number of nitrogens with two attached hydrogens (primary N) is 1. The van der Waals surface area contributed by atoms with Gasteiger partial charge in [0.1, 0.15) is 18.7 Å². The number of carbonyl (C=O) groups excluding carboxylic acids is 3. The molecule has 3 N–H and O–H groups in total. The van der Waals surface area contributed by atoms with Crippen molar-refractivity contribution in [3.05, 3.63) is 69.7 Å². The van der Waals surface area contributed by atoms with Crippen LogP contribution in [0.1, 0.15) is 24.0 Å². The standard InChI is InChI=1S/C22H23Cl2N3O4/c23-16-9-8-15(17(24)12-16)11-18(20(25)28)26-21(29)19-7-4-10-27(19)22(30)31-13-14-5-2-1-3-6-14/h1-3,5-6,8-9,12,18-19H,4,7,10-11,13H2,(H2,25,28)(H,26,29)/t18-,19+/m0/s1. The normalized spacial score (nSPS) is 16.6. The number of hydrogen-bond acceptors (Lipinski definition) is 4. The molecule has 0 bridgehead atoms. The number of halogens is 2. The lowest BCUT2D eigenvalue weighted by molar-refractivity contribution is -0.130. The second kappa shape index (κ2) is 10.5. The molecule has 2 atom stereocenters. The maximum Gasteiger partial charge on any atom is 0.410 e. The van der Waals surface area contributed by atoms with Crippen LogP contribution < -0.4 is 11.1 Å². The number of carbonyl (C=O) groups is 3. The minimum Gasteiger partial charge on any atom is -0.445 e. The lowest BCUT2D eigenvalue weighted by Crippen LogP contribution is -2.53. The van der Waals surface area contributed by atoms with Crippen molar-refractivity contribution in [2.75, 3.05) is 6.54 Å². The van der Waals surface area contributed by atoms with Crippen LogP contribution in [0.5, 0.6) is 0 Å². The highest BCUT2D eigenvalue weighted by Gasteiger charge is 2.36. The SMILES string of the molecule is NC(=O)[C@H](Cc1ccc(Cl)cc1Cl)NC(=O)[C@H]1CCCN1C(=O)OCc1ccccc1. The molecule has 3 rings (SSSR count). The molecule has 0 radical (unpaired) electrons. The van der Waals surface area contributed by atoms with E-state index in [4.69, 9.17) is 33.7 Å². The topological polar surface area (TPSA) is 102 Å². The van der Waals surface area contributed by atoms with Gasteiger partial charge in [-0.1, -0.05) is 59.6 Å². The quantitative estimate of drug-likeness (QED) is 0.657. The highest BCUT2D eigenvalue weighted by molar-refractivity contribution is 6.35. The van der Waals surface area contributed by atoms with Gasteiger partial charge in [-0.3, -0.25) is 14.5 Å². The van der Waals surface area contributed by atoms with E-state index in [0.29, 0.717) is 35.0 Å². The highest BCUT2D eigenvalue weighted by Crippen LogP contribution is 2.23. The summed E-state index contributed by atoms with van der Waals surface area (Å²) >= 11 is 12.1. The minimum absolute atomic E-state index is 0.113. The molecule has 0 saturated carbocycles. The number of amides is 3. The van der Waals surface area contributed by atoms with Crippen LogP contribution in [0, 0.1) is 0 Å². The molecule has 0 aromatic heterocycles. The molecule has 0 aliphatic carbocycles. The summed E-state index contributed by atoms with van der Waals surface area (Å²) < 4.78 is 5.35. The van der Waals surface area contributed by atoms with Crippen LogP contribution in [0.15, 0.2) is 48.5 Å². The van der Waals surface area contributed by atoms with Gasteiger partial charge in [0.25, 0.3) is 0 Å². The monoisotopic (exact) mass is 463 g/mol. The lowest BCUT2D eigenvalue weighted by atomic mass is 10.0. The lowest BCUT2D eigenvalue weighted by Gasteiger charge is -2.25. The summed E-state index contributed by atoms with van der Waals surface area (Å²) in [5.41, 5.74) is 6.97. The van der Waals surface area contributed by atoms with E-state index in [1.807, 2.05) is 30.3 Å². The average Bonchev–Trinajstić information content (AvgIpc) is 3.24. The number of likely N-dealkylation sites (tertiary alicyclic amines) is 1. The van der Waals surface area contributed by atoms with Crippen LogP contribution in [-0.2, 0) is 27.4 Å². The van der Waals surface area contributed by atoms with Gasteiger partial charge < -0.3 is 15.8 Å². The molecule has 31 heavy (non-hydrogen) atoms. The van der Waals surface area contributed by atoms with Crippen LogP contribution in [-0.4, -0.2) is 41.4 Å². The Morgan fingerprint density at radius 1 is 1.16 bits per heavy atom. The zero-order valence-corrected chi connectivity index (χ0v) is 18.2. The zero-order chi connectivity index (χ0) is 22.4. The van der Waals surface area contributed by atoms with Crippen LogP contribution >= 0.6 is 23.2 Å². The van der Waals surface area contributed by atoms with Gasteiger partial charge in [-0.15, -0.1) is 0 Å². The van der Waals surface area contributed by atoms with E-state index in [9.17, 15) is 14.4 Å². The van der Waals surface area contributed by atoms with Gasteiger partial charge in [-0.2, -0.15) is 0 Å². The smallest absolute Gasteiger partial charge is 0.410 e. The molecule has 0 spiro atoms. The van der Waals surface area contributed by atoms with Crippen LogP contribution in [0.25, 0.3) is 0 Å². The van der Waals surface area contributed by atoms with Gasteiger partial charge in [-0.25, -0.2) is 4.79 Å². The Bertz CT molecular complexity index is 955. The predicted octanol–water partition coefficient (Wildman–Crippen LogP) is 3.31. The van der Waals surface area contributed by atoms with Crippen molar-refractivity contribution in [3.63, 3.8) is 0 Å². The van der Waals surface area contributed by atoms with Gasteiger partial charge in [0.05, 0.1) is 0 Å². The maximum atomic E-state index is 12.9. The fraction of sp³-hybridized carbons (Fsp3) is 0.318. The second-order valence-electron chi connectivity index (χ2n) is 7.30. The van der Waals surface area contributed by atoms with Crippen LogP contribution in [0.4, 0.5) is 4.79 Å². The fourth-order valence-corrected chi connectivity index (χ4v) is 3.94. The number of primary amides is 1. The third-order valence-electron chi connectivity index (χ3n) is 5.09. The molecule has 164 valence electrons. The van der Waals surface area contributed by atoms with Crippen molar-refractivity contribution in [1.82, 2.24) is 10.2 Å². The Morgan fingerprint density at radius 3 is 2.58 bits per heavy atom. The molecule has 0 unspecified atom stereocenters. The molecule has 1 aliphatic heterocycles. The van der Waals surface area contributed by atoms with Crippen molar-refractivity contribution >= 4 is 41.1 Å². The van der Waals surface area contributed by atoms with Crippen LogP contribution in [0.2, 0.25) is 10.0 Å². The van der Waals surface area contributed by atoms with Gasteiger partial charge >= 0.3 is 6.09 Å². The summed E-state index contributed by atoms with van der Waals surface area (Å²) in [6.07, 6.45) is 0.669. The first-order valence-electron chi connectivity index (χ1n) is 9.86. The van der Waals surface area contributed by atoms with E-state index in [0.717, 1.165) is 5.56 Å². The molecule has 9 heteroatoms. The first-order chi connectivity index (χ1) is 14.8. The Hall–Kier alpha value is -2.77. The van der Waals surface area contributed by atoms with E-state index in [-0.39, 0.29) is 13.0 Å². The van der Waals surface area contributed by atoms with E-state index in [2.05, 4.69) is 5.32 Å². The summed E-state index contributed by atoms with van der Waals surface area (Å²) in [6, 6.07) is 12.4. The molecule has 2 aromatic carbocycles. The number of nitrogens with zero attached hydrogens (tertiary/aromatic N) is 1. The molecule has 1 fully saturated rings. The minimum atomic E-state index is -0.978. The number of benzene rings is 2. The molecule has 1 aliphatic rings. The summed E-state index contributed by atoms with van der Waals surface area (Å²) in [7, 11) is 0. The van der Waals surface area contributed by atoms with Crippen molar-refractivity contribution in [1.29, 1.82) is 0 Å².